The van der Waals surface area contributed by atoms with Crippen molar-refractivity contribution >= 4 is 17.5 Å². The summed E-state index contributed by atoms with van der Waals surface area (Å²) < 4.78 is 0. The molecule has 0 fully saturated rings. The van der Waals surface area contributed by atoms with Crippen LogP contribution in [0.2, 0.25) is 0 Å². The molecule has 0 radical (unpaired) electrons. The summed E-state index contributed by atoms with van der Waals surface area (Å²) in [5, 5.41) is 2.47. The third-order valence-electron chi connectivity index (χ3n) is 9.21. The average Bonchev–Trinajstić information content (AvgIpc) is 3.16. The van der Waals surface area contributed by atoms with Crippen LogP contribution in [0.15, 0.2) is 182 Å². The predicted molar refractivity (Wildman–Crippen MR) is 201 cm³/mol. The molecule has 0 bridgehead atoms. The third-order valence-corrected chi connectivity index (χ3v) is 9.21. The molecule has 0 saturated heterocycles. The molecule has 0 spiro atoms. The van der Waals surface area contributed by atoms with Gasteiger partial charge in [-0.05, 0) is 82.6 Å². The lowest BCUT2D eigenvalue weighted by Crippen LogP contribution is -2.33. The molecule has 1 nitrogen and oxygen atoms in total. The molecule has 1 aliphatic carbocycles. The number of rotatable bonds is 7. The Labute approximate surface area is 278 Å². The summed E-state index contributed by atoms with van der Waals surface area (Å²) in [5.41, 5.74) is 12.2. The standard InChI is InChI=1S/C46H39N/c1-3-35-15-13-14-22-44(35)34(2)47(42-29-27-39(28-30-42)37-18-9-5-10-19-37)43-31-32-45(46(33-43)40-20-11-6-12-21-40)41-25-23-38(24-26-41)36-16-7-4-8-17-36/h3-27,29-33,39H,28H2,1-2H3/b35-3-,44-34+. The van der Waals surface area contributed by atoms with Crippen LogP contribution >= 0.6 is 0 Å². The van der Waals surface area contributed by atoms with Crippen molar-refractivity contribution in [3.05, 3.63) is 198 Å². The maximum Gasteiger partial charge on any atom is 0.0464 e. The summed E-state index contributed by atoms with van der Waals surface area (Å²) in [5.74, 6) is 0.375. The summed E-state index contributed by atoms with van der Waals surface area (Å²) in [6.07, 6.45) is 10.2. The van der Waals surface area contributed by atoms with Gasteiger partial charge in [-0.15, -0.1) is 0 Å². The molecule has 6 aromatic carbocycles. The second kappa shape index (κ2) is 13.8. The first-order valence-corrected chi connectivity index (χ1v) is 16.5. The van der Waals surface area contributed by atoms with Crippen molar-refractivity contribution < 1.29 is 0 Å². The maximum atomic E-state index is 2.44. The number of benzene rings is 6. The normalized spacial score (nSPS) is 15.2. The van der Waals surface area contributed by atoms with Crippen molar-refractivity contribution in [1.29, 1.82) is 0 Å². The minimum Gasteiger partial charge on any atom is -0.314 e. The third kappa shape index (κ3) is 6.39. The SMILES string of the molecule is C/C=c1/cccc/c1=C(/C)N(C1=CCC(c2ccccc2)C=C1)c1ccc(-c2ccc(-c3ccccc3)cc2)c(-c2ccccc2)c1. The van der Waals surface area contributed by atoms with Crippen LogP contribution in [-0.2, 0) is 0 Å². The largest absolute Gasteiger partial charge is 0.314 e. The van der Waals surface area contributed by atoms with E-state index >= 15 is 0 Å². The second-order valence-corrected chi connectivity index (χ2v) is 12.1. The lowest BCUT2D eigenvalue weighted by Gasteiger charge is -2.30. The maximum absolute atomic E-state index is 2.44. The highest BCUT2D eigenvalue weighted by Gasteiger charge is 2.20. The van der Waals surface area contributed by atoms with Gasteiger partial charge in [0, 0.05) is 28.2 Å². The van der Waals surface area contributed by atoms with Gasteiger partial charge in [0.15, 0.2) is 0 Å². The summed E-state index contributed by atoms with van der Waals surface area (Å²) in [4.78, 5) is 2.44. The van der Waals surface area contributed by atoms with Crippen molar-refractivity contribution in [3.8, 4) is 33.4 Å². The minimum absolute atomic E-state index is 0.375. The van der Waals surface area contributed by atoms with Crippen molar-refractivity contribution in [2.45, 2.75) is 26.2 Å². The second-order valence-electron chi connectivity index (χ2n) is 12.1. The zero-order valence-corrected chi connectivity index (χ0v) is 27.1. The molecule has 47 heavy (non-hydrogen) atoms. The van der Waals surface area contributed by atoms with Crippen LogP contribution in [0.25, 0.3) is 45.2 Å². The van der Waals surface area contributed by atoms with Gasteiger partial charge in [0.2, 0.25) is 0 Å². The molecule has 1 heteroatoms. The molecule has 6 aromatic rings. The summed E-state index contributed by atoms with van der Waals surface area (Å²) >= 11 is 0. The molecule has 0 saturated carbocycles. The van der Waals surface area contributed by atoms with Crippen LogP contribution in [0.4, 0.5) is 5.69 Å². The van der Waals surface area contributed by atoms with E-state index < -0.39 is 0 Å². The first kappa shape index (κ1) is 30.0. The Morgan fingerprint density at radius 3 is 1.83 bits per heavy atom. The monoisotopic (exact) mass is 605 g/mol. The Hall–Kier alpha value is -5.66. The number of hydrogen-bond acceptors (Lipinski definition) is 1. The Morgan fingerprint density at radius 1 is 0.596 bits per heavy atom. The first-order valence-electron chi connectivity index (χ1n) is 16.5. The molecule has 1 atom stereocenters. The molecule has 0 aliphatic heterocycles. The molecule has 228 valence electrons. The lowest BCUT2D eigenvalue weighted by atomic mass is 9.90. The Kier molecular flexibility index (Phi) is 8.79. The quantitative estimate of drug-likeness (QED) is 0.175. The molecule has 7 rings (SSSR count). The number of anilines is 1. The minimum atomic E-state index is 0.375. The summed E-state index contributed by atoms with van der Waals surface area (Å²) in [6, 6.07) is 56.8. The van der Waals surface area contributed by atoms with Crippen LogP contribution in [0.5, 0.6) is 0 Å². The Morgan fingerprint density at radius 2 is 1.17 bits per heavy atom. The highest BCUT2D eigenvalue weighted by Crippen LogP contribution is 2.39. The molecule has 0 amide bonds. The van der Waals surface area contributed by atoms with Crippen LogP contribution in [-0.4, -0.2) is 0 Å². The van der Waals surface area contributed by atoms with Crippen LogP contribution in [0, 0.1) is 0 Å². The summed E-state index contributed by atoms with van der Waals surface area (Å²) in [6.45, 7) is 4.37. The van der Waals surface area contributed by atoms with E-state index in [1.54, 1.807) is 0 Å². The van der Waals surface area contributed by atoms with Gasteiger partial charge in [0.25, 0.3) is 0 Å². The Bertz CT molecular complexity index is 2160. The van der Waals surface area contributed by atoms with E-state index in [1.165, 1.54) is 60.8 Å². The van der Waals surface area contributed by atoms with Gasteiger partial charge in [0.05, 0.1) is 0 Å². The van der Waals surface area contributed by atoms with E-state index in [0.29, 0.717) is 5.92 Å². The first-order chi connectivity index (χ1) is 23.2. The highest BCUT2D eigenvalue weighted by molar-refractivity contribution is 5.88. The zero-order chi connectivity index (χ0) is 32.0. The van der Waals surface area contributed by atoms with E-state index in [9.17, 15) is 0 Å². The smallest absolute Gasteiger partial charge is 0.0464 e. The predicted octanol–water partition coefficient (Wildman–Crippen LogP) is 10.8. The topological polar surface area (TPSA) is 3.24 Å². The molecule has 0 aromatic heterocycles. The van der Waals surface area contributed by atoms with E-state index in [2.05, 4.69) is 201 Å². The van der Waals surface area contributed by atoms with Gasteiger partial charge >= 0.3 is 0 Å². The number of allylic oxidation sites excluding steroid dienone is 3. The van der Waals surface area contributed by atoms with Gasteiger partial charge in [0.1, 0.15) is 0 Å². The molecule has 0 N–H and O–H groups in total. The zero-order valence-electron chi connectivity index (χ0n) is 27.1. The summed E-state index contributed by atoms with van der Waals surface area (Å²) in [7, 11) is 0. The average molecular weight is 606 g/mol. The van der Waals surface area contributed by atoms with Gasteiger partial charge < -0.3 is 4.90 Å². The number of nitrogens with zero attached hydrogens (tertiary/aromatic N) is 1. The molecular weight excluding hydrogens is 567 g/mol. The van der Waals surface area contributed by atoms with E-state index in [4.69, 9.17) is 0 Å². The van der Waals surface area contributed by atoms with Crippen LogP contribution < -0.4 is 15.3 Å². The molecule has 1 aliphatic rings. The fourth-order valence-electron chi connectivity index (χ4n) is 6.71. The van der Waals surface area contributed by atoms with Crippen molar-refractivity contribution in [3.63, 3.8) is 0 Å². The highest BCUT2D eigenvalue weighted by atomic mass is 15.1. The van der Waals surface area contributed by atoms with E-state index in [-0.39, 0.29) is 0 Å². The van der Waals surface area contributed by atoms with Gasteiger partial charge in [-0.3, -0.25) is 0 Å². The van der Waals surface area contributed by atoms with Crippen LogP contribution in [0.3, 0.4) is 0 Å². The van der Waals surface area contributed by atoms with Crippen molar-refractivity contribution in [2.24, 2.45) is 0 Å². The molecule has 0 heterocycles. The number of hydrogen-bond donors (Lipinski definition) is 0. The fraction of sp³-hybridized carbons (Fsp3) is 0.0870. The van der Waals surface area contributed by atoms with Crippen molar-refractivity contribution in [1.82, 2.24) is 0 Å². The molecular formula is C46H39N. The van der Waals surface area contributed by atoms with E-state index in [0.717, 1.165) is 12.1 Å². The van der Waals surface area contributed by atoms with Gasteiger partial charge in [-0.2, -0.15) is 0 Å². The van der Waals surface area contributed by atoms with Gasteiger partial charge in [-0.25, -0.2) is 0 Å². The van der Waals surface area contributed by atoms with E-state index in [1.807, 2.05) is 0 Å². The Balaban J connectivity index is 1.36. The van der Waals surface area contributed by atoms with Crippen molar-refractivity contribution in [2.75, 3.05) is 4.90 Å². The fourth-order valence-corrected chi connectivity index (χ4v) is 6.71. The van der Waals surface area contributed by atoms with Gasteiger partial charge in [-0.1, -0.05) is 164 Å². The molecule has 1 unspecified atom stereocenters. The van der Waals surface area contributed by atoms with Crippen LogP contribution in [0.1, 0.15) is 31.7 Å². The lowest BCUT2D eigenvalue weighted by molar-refractivity contribution is 0.840.